The van der Waals surface area contributed by atoms with Gasteiger partial charge in [-0.05, 0) is 36.1 Å². The van der Waals surface area contributed by atoms with Gasteiger partial charge < -0.3 is 4.74 Å². The quantitative estimate of drug-likeness (QED) is 0.580. The van der Waals surface area contributed by atoms with E-state index >= 15 is 0 Å². The molecule has 112 valence electrons. The average molecular weight is 344 g/mol. The second-order valence-corrected chi connectivity index (χ2v) is 5.95. The molecule has 0 saturated carbocycles. The van der Waals surface area contributed by atoms with E-state index in [2.05, 4.69) is 19.1 Å². The van der Waals surface area contributed by atoms with Crippen LogP contribution in [0.1, 0.15) is 35.9 Å². The fourth-order valence-corrected chi connectivity index (χ4v) is 2.98. The van der Waals surface area contributed by atoms with Gasteiger partial charge >= 0.3 is 0 Å². The van der Waals surface area contributed by atoms with Crippen LogP contribution in [0, 0.1) is 0 Å². The largest absolute Gasteiger partial charge is 0.492 e. The molecule has 2 rings (SSSR count). The molecular formula is C17H17Cl3O. The van der Waals surface area contributed by atoms with Crippen molar-refractivity contribution >= 4 is 34.8 Å². The first-order valence-corrected chi connectivity index (χ1v) is 8.10. The summed E-state index contributed by atoms with van der Waals surface area (Å²) < 4.78 is 5.43. The van der Waals surface area contributed by atoms with Gasteiger partial charge in [-0.2, -0.15) is 0 Å². The fourth-order valence-electron chi connectivity index (χ4n) is 2.11. The molecule has 2 aromatic carbocycles. The van der Waals surface area contributed by atoms with E-state index in [0.717, 1.165) is 17.5 Å². The number of aryl methyl sites for hydroxylation is 1. The topological polar surface area (TPSA) is 9.23 Å². The van der Waals surface area contributed by atoms with Gasteiger partial charge in [0, 0.05) is 11.1 Å². The summed E-state index contributed by atoms with van der Waals surface area (Å²) in [7, 11) is 0. The zero-order valence-electron chi connectivity index (χ0n) is 12.0. The maximum atomic E-state index is 6.55. The molecule has 0 fully saturated rings. The fraction of sp³-hybridized carbons (Fsp3) is 0.294. The molecule has 0 aliphatic carbocycles. The summed E-state index contributed by atoms with van der Waals surface area (Å²) in [4.78, 5) is 0. The first-order valence-electron chi connectivity index (χ1n) is 6.91. The average Bonchev–Trinajstić information content (AvgIpc) is 2.50. The maximum Gasteiger partial charge on any atom is 0.139 e. The van der Waals surface area contributed by atoms with E-state index in [-0.39, 0.29) is 5.38 Å². The Balaban J connectivity index is 2.33. The minimum atomic E-state index is -0.336. The monoisotopic (exact) mass is 342 g/mol. The lowest BCUT2D eigenvalue weighted by atomic mass is 10.0. The molecule has 0 radical (unpaired) electrons. The summed E-state index contributed by atoms with van der Waals surface area (Å²) in [6.45, 7) is 4.56. The predicted molar refractivity (Wildman–Crippen MR) is 91.1 cm³/mol. The molecule has 2 aromatic rings. The minimum absolute atomic E-state index is 0.336. The van der Waals surface area contributed by atoms with Crippen molar-refractivity contribution in [3.05, 3.63) is 63.1 Å². The van der Waals surface area contributed by atoms with Crippen LogP contribution in [0.4, 0.5) is 0 Å². The predicted octanol–water partition coefficient (Wildman–Crippen LogP) is 6.28. The van der Waals surface area contributed by atoms with Gasteiger partial charge in [0.15, 0.2) is 0 Å². The number of hydrogen-bond acceptors (Lipinski definition) is 1. The summed E-state index contributed by atoms with van der Waals surface area (Å²) >= 11 is 19.1. The van der Waals surface area contributed by atoms with E-state index in [0.29, 0.717) is 22.4 Å². The van der Waals surface area contributed by atoms with Crippen LogP contribution in [-0.2, 0) is 6.42 Å². The normalized spacial score (nSPS) is 12.2. The lowest BCUT2D eigenvalue weighted by Crippen LogP contribution is -1.98. The zero-order valence-corrected chi connectivity index (χ0v) is 14.3. The van der Waals surface area contributed by atoms with Crippen LogP contribution in [0.2, 0.25) is 10.0 Å². The molecule has 21 heavy (non-hydrogen) atoms. The molecular weight excluding hydrogens is 327 g/mol. The van der Waals surface area contributed by atoms with Crippen LogP contribution < -0.4 is 4.74 Å². The van der Waals surface area contributed by atoms with Crippen molar-refractivity contribution in [2.24, 2.45) is 0 Å². The van der Waals surface area contributed by atoms with Gasteiger partial charge in [0.25, 0.3) is 0 Å². The lowest BCUT2D eigenvalue weighted by Gasteiger charge is -2.15. The molecule has 1 atom stereocenters. The highest BCUT2D eigenvalue weighted by Crippen LogP contribution is 2.39. The van der Waals surface area contributed by atoms with E-state index < -0.39 is 0 Å². The van der Waals surface area contributed by atoms with Gasteiger partial charge in [-0.25, -0.2) is 0 Å². The van der Waals surface area contributed by atoms with Gasteiger partial charge in [-0.3, -0.25) is 0 Å². The maximum absolute atomic E-state index is 6.55. The number of ether oxygens (including phenoxy) is 1. The second-order valence-electron chi connectivity index (χ2n) is 4.69. The number of benzene rings is 2. The number of alkyl halides is 1. The molecule has 0 aromatic heterocycles. The van der Waals surface area contributed by atoms with E-state index in [1.807, 2.05) is 19.1 Å². The van der Waals surface area contributed by atoms with E-state index in [1.54, 1.807) is 12.1 Å². The highest BCUT2D eigenvalue weighted by Gasteiger charge is 2.17. The van der Waals surface area contributed by atoms with Gasteiger partial charge in [0.05, 0.1) is 17.0 Å². The third-order valence-corrected chi connectivity index (χ3v) is 4.41. The van der Waals surface area contributed by atoms with Crippen LogP contribution in [0.3, 0.4) is 0 Å². The molecule has 0 saturated heterocycles. The Morgan fingerprint density at radius 1 is 1.00 bits per heavy atom. The van der Waals surface area contributed by atoms with E-state index in [1.165, 1.54) is 5.56 Å². The van der Waals surface area contributed by atoms with Crippen molar-refractivity contribution in [2.45, 2.75) is 25.6 Å². The van der Waals surface area contributed by atoms with Crippen LogP contribution in [0.25, 0.3) is 0 Å². The summed E-state index contributed by atoms with van der Waals surface area (Å²) in [6.07, 6.45) is 1.00. The first kappa shape index (κ1) is 16.5. The molecule has 0 N–H and O–H groups in total. The lowest BCUT2D eigenvalue weighted by molar-refractivity contribution is 0.340. The number of hydrogen-bond donors (Lipinski definition) is 0. The van der Waals surface area contributed by atoms with Crippen LogP contribution in [-0.4, -0.2) is 6.61 Å². The molecule has 0 bridgehead atoms. The van der Waals surface area contributed by atoms with Gasteiger partial charge in [0.1, 0.15) is 5.75 Å². The summed E-state index contributed by atoms with van der Waals surface area (Å²) in [5, 5.41) is 0.742. The Morgan fingerprint density at radius 3 is 2.24 bits per heavy atom. The number of halogens is 3. The molecule has 0 aliphatic heterocycles. The van der Waals surface area contributed by atoms with Crippen LogP contribution in [0.5, 0.6) is 5.75 Å². The van der Waals surface area contributed by atoms with Crippen molar-refractivity contribution in [2.75, 3.05) is 6.61 Å². The Morgan fingerprint density at radius 2 is 1.67 bits per heavy atom. The minimum Gasteiger partial charge on any atom is -0.492 e. The highest BCUT2D eigenvalue weighted by atomic mass is 35.5. The van der Waals surface area contributed by atoms with Gasteiger partial charge in [-0.15, -0.1) is 11.6 Å². The highest BCUT2D eigenvalue weighted by molar-refractivity contribution is 6.36. The summed E-state index contributed by atoms with van der Waals surface area (Å²) in [5.41, 5.74) is 3.06. The molecule has 0 spiro atoms. The van der Waals surface area contributed by atoms with Crippen molar-refractivity contribution in [3.8, 4) is 5.75 Å². The Labute approximate surface area is 140 Å². The van der Waals surface area contributed by atoms with Gasteiger partial charge in [-0.1, -0.05) is 54.4 Å². The molecule has 1 unspecified atom stereocenters. The van der Waals surface area contributed by atoms with Crippen LogP contribution in [0.15, 0.2) is 36.4 Å². The Kier molecular flexibility index (Phi) is 5.80. The van der Waals surface area contributed by atoms with Crippen molar-refractivity contribution in [1.29, 1.82) is 0 Å². The Hall–Kier alpha value is -0.890. The summed E-state index contributed by atoms with van der Waals surface area (Å²) in [6, 6.07) is 11.7. The molecule has 4 heteroatoms. The van der Waals surface area contributed by atoms with Crippen molar-refractivity contribution < 1.29 is 4.74 Å². The number of rotatable bonds is 5. The van der Waals surface area contributed by atoms with E-state index in [4.69, 9.17) is 39.5 Å². The Bertz CT molecular complexity index is 608. The van der Waals surface area contributed by atoms with E-state index in [9.17, 15) is 0 Å². The zero-order chi connectivity index (χ0) is 15.4. The first-order chi connectivity index (χ1) is 10.1. The van der Waals surface area contributed by atoms with Crippen molar-refractivity contribution in [1.82, 2.24) is 0 Å². The smallest absolute Gasteiger partial charge is 0.139 e. The van der Waals surface area contributed by atoms with Crippen LogP contribution >= 0.6 is 34.8 Å². The van der Waals surface area contributed by atoms with Crippen molar-refractivity contribution in [3.63, 3.8) is 0 Å². The molecule has 0 aliphatic rings. The second kappa shape index (κ2) is 7.40. The third-order valence-electron chi connectivity index (χ3n) is 3.30. The third kappa shape index (κ3) is 3.85. The standard InChI is InChI=1S/C17H17Cl3O/c1-3-11-5-7-12(8-6-11)17(20)13-9-15(19)16(21-4-2)10-14(13)18/h5-10,17H,3-4H2,1-2H3. The summed E-state index contributed by atoms with van der Waals surface area (Å²) in [5.74, 6) is 0.582. The molecule has 0 amide bonds. The molecule has 1 nitrogen and oxygen atoms in total. The van der Waals surface area contributed by atoms with Gasteiger partial charge in [0.2, 0.25) is 0 Å². The SMILES string of the molecule is CCOc1cc(Cl)c(C(Cl)c2ccc(CC)cc2)cc1Cl. The molecule has 0 heterocycles.